The highest BCUT2D eigenvalue weighted by atomic mass is 35.5. The van der Waals surface area contributed by atoms with Crippen molar-refractivity contribution in [3.05, 3.63) is 29.3 Å². The molecule has 0 saturated carbocycles. The molecule has 0 fully saturated rings. The van der Waals surface area contributed by atoms with Gasteiger partial charge in [-0.1, -0.05) is 17.7 Å². The van der Waals surface area contributed by atoms with E-state index in [-0.39, 0.29) is 10.3 Å². The number of nitrogens with zero attached hydrogens (tertiary/aromatic N) is 1. The van der Waals surface area contributed by atoms with Crippen LogP contribution in [-0.2, 0) is 10.0 Å². The monoisotopic (exact) mass is 263 g/mol. The zero-order chi connectivity index (χ0) is 10.9. The quantitative estimate of drug-likeness (QED) is 0.779. The number of hydrogen-bond acceptors (Lipinski definition) is 4. The molecule has 0 amide bonds. The predicted molar refractivity (Wildman–Crippen MR) is 60.9 cm³/mol. The summed E-state index contributed by atoms with van der Waals surface area (Å²) in [4.78, 5) is 0. The molecule has 4 nitrogen and oxygen atoms in total. The molecular weight excluding hydrogens is 258 g/mol. The fourth-order valence-corrected chi connectivity index (χ4v) is 3.33. The van der Waals surface area contributed by atoms with Crippen molar-refractivity contribution in [2.75, 3.05) is 5.08 Å². The summed E-state index contributed by atoms with van der Waals surface area (Å²) in [6.45, 7) is 0. The van der Waals surface area contributed by atoms with Gasteiger partial charge in [0.1, 0.15) is 10.8 Å². The van der Waals surface area contributed by atoms with E-state index in [4.69, 9.17) is 16.3 Å². The number of sulfonamides is 1. The van der Waals surface area contributed by atoms with Crippen molar-refractivity contribution in [3.63, 3.8) is 0 Å². The molecule has 0 bridgehead atoms. The Balaban J connectivity index is 2.17. The van der Waals surface area contributed by atoms with Gasteiger partial charge >= 0.3 is 0 Å². The molecule has 0 atom stereocenters. The van der Waals surface area contributed by atoms with Gasteiger partial charge < -0.3 is 4.74 Å². The summed E-state index contributed by atoms with van der Waals surface area (Å²) < 4.78 is 30.6. The second-order valence-corrected chi connectivity index (χ2v) is 6.12. The van der Waals surface area contributed by atoms with Crippen molar-refractivity contribution < 1.29 is 13.2 Å². The Morgan fingerprint density at radius 3 is 2.87 bits per heavy atom. The van der Waals surface area contributed by atoms with Crippen molar-refractivity contribution in [3.8, 4) is 5.75 Å². The van der Waals surface area contributed by atoms with E-state index in [9.17, 15) is 8.42 Å². The second kappa shape index (κ2) is 4.03. The minimum atomic E-state index is -3.33. The Labute approximate surface area is 96.4 Å². The maximum absolute atomic E-state index is 11.0. The number of rotatable bonds is 1. The minimum absolute atomic E-state index is 0.0666. The van der Waals surface area contributed by atoms with Crippen molar-refractivity contribution in [2.45, 2.75) is 0 Å². The summed E-state index contributed by atoms with van der Waals surface area (Å²) in [5.74, 6) is 0.478. The van der Waals surface area contributed by atoms with E-state index in [1.165, 1.54) is 0 Å². The molecule has 0 saturated heterocycles. The fraction of sp³-hybridized carbons (Fsp3) is 0.125. The smallest absolute Gasteiger partial charge is 0.268 e. The minimum Gasteiger partial charge on any atom is -0.433 e. The van der Waals surface area contributed by atoms with Gasteiger partial charge in [0.15, 0.2) is 0 Å². The van der Waals surface area contributed by atoms with Crippen molar-refractivity contribution in [2.24, 2.45) is 4.40 Å². The highest BCUT2D eigenvalue weighted by Crippen LogP contribution is 2.24. The third-order valence-corrected chi connectivity index (χ3v) is 4.43. The van der Waals surface area contributed by atoms with E-state index in [1.807, 2.05) is 0 Å². The van der Waals surface area contributed by atoms with E-state index in [1.54, 1.807) is 24.3 Å². The number of halogens is 1. The SMILES string of the molecule is O=S1(=O)CSC(Oc2cccc(Cl)c2)=N1. The van der Waals surface area contributed by atoms with Crippen LogP contribution in [-0.4, -0.2) is 18.7 Å². The molecule has 1 aliphatic heterocycles. The van der Waals surface area contributed by atoms with Gasteiger partial charge in [-0.15, -0.1) is 4.40 Å². The second-order valence-electron chi connectivity index (χ2n) is 2.76. The van der Waals surface area contributed by atoms with Crippen molar-refractivity contribution >= 4 is 38.6 Å². The summed E-state index contributed by atoms with van der Waals surface area (Å²) in [7, 11) is -3.33. The molecule has 1 aromatic rings. The van der Waals surface area contributed by atoms with Crippen LogP contribution in [0.4, 0.5) is 0 Å². The van der Waals surface area contributed by atoms with Crippen molar-refractivity contribution in [1.29, 1.82) is 0 Å². The van der Waals surface area contributed by atoms with Gasteiger partial charge in [0.2, 0.25) is 0 Å². The molecule has 0 N–H and O–H groups in total. The number of hydrogen-bond donors (Lipinski definition) is 0. The molecule has 2 rings (SSSR count). The lowest BCUT2D eigenvalue weighted by molar-refractivity contribution is 0.566. The molecule has 80 valence electrons. The van der Waals surface area contributed by atoms with Gasteiger partial charge in [0, 0.05) is 5.02 Å². The highest BCUT2D eigenvalue weighted by Gasteiger charge is 2.22. The molecule has 7 heteroatoms. The molecule has 0 radical (unpaired) electrons. The summed E-state index contributed by atoms with van der Waals surface area (Å²) >= 11 is 6.79. The largest absolute Gasteiger partial charge is 0.433 e. The summed E-state index contributed by atoms with van der Waals surface area (Å²) in [6, 6.07) is 6.69. The van der Waals surface area contributed by atoms with E-state index >= 15 is 0 Å². The van der Waals surface area contributed by atoms with Crippen LogP contribution in [0.3, 0.4) is 0 Å². The van der Waals surface area contributed by atoms with E-state index in [2.05, 4.69) is 4.40 Å². The van der Waals surface area contributed by atoms with Crippen LogP contribution in [0.5, 0.6) is 5.75 Å². The topological polar surface area (TPSA) is 55.7 Å². The van der Waals surface area contributed by atoms with Gasteiger partial charge in [0.05, 0.1) is 0 Å². The summed E-state index contributed by atoms with van der Waals surface area (Å²) in [5, 5.41) is 0.597. The maximum Gasteiger partial charge on any atom is 0.268 e. The average molecular weight is 264 g/mol. The van der Waals surface area contributed by atoms with Gasteiger partial charge in [0.25, 0.3) is 15.3 Å². The Kier molecular flexibility index (Phi) is 2.90. The number of thioether (sulfide) groups is 1. The zero-order valence-electron chi connectivity index (χ0n) is 7.38. The first-order valence-corrected chi connectivity index (χ1v) is 6.91. The average Bonchev–Trinajstić information content (AvgIpc) is 2.45. The summed E-state index contributed by atoms with van der Waals surface area (Å²) in [5.41, 5.74) is 0. The third-order valence-electron chi connectivity index (χ3n) is 1.55. The van der Waals surface area contributed by atoms with Crippen LogP contribution < -0.4 is 4.74 Å². The first-order valence-electron chi connectivity index (χ1n) is 3.94. The molecular formula is C8H6ClNO3S2. The lowest BCUT2D eigenvalue weighted by Crippen LogP contribution is -2.00. The fourth-order valence-electron chi connectivity index (χ4n) is 0.971. The predicted octanol–water partition coefficient (Wildman–Crippen LogP) is 2.11. The van der Waals surface area contributed by atoms with Crippen LogP contribution >= 0.6 is 23.4 Å². The summed E-state index contributed by atoms with van der Waals surface area (Å²) in [6.07, 6.45) is 0. The molecule has 15 heavy (non-hydrogen) atoms. The van der Waals surface area contributed by atoms with E-state index < -0.39 is 10.0 Å². The Bertz CT molecular complexity index is 512. The third kappa shape index (κ3) is 2.87. The van der Waals surface area contributed by atoms with Crippen LogP contribution in [0.25, 0.3) is 0 Å². The van der Waals surface area contributed by atoms with Crippen LogP contribution in [0.2, 0.25) is 5.02 Å². The van der Waals surface area contributed by atoms with Crippen molar-refractivity contribution in [1.82, 2.24) is 0 Å². The highest BCUT2D eigenvalue weighted by molar-refractivity contribution is 8.24. The van der Waals surface area contributed by atoms with Crippen LogP contribution in [0.1, 0.15) is 0 Å². The molecule has 0 aromatic heterocycles. The Hall–Kier alpha value is -0.720. The van der Waals surface area contributed by atoms with E-state index in [0.717, 1.165) is 11.8 Å². The first-order chi connectivity index (χ1) is 7.05. The van der Waals surface area contributed by atoms with Crippen LogP contribution in [0.15, 0.2) is 28.7 Å². The lowest BCUT2D eigenvalue weighted by atomic mass is 10.3. The molecule has 1 heterocycles. The molecule has 1 aliphatic rings. The van der Waals surface area contributed by atoms with Gasteiger partial charge in [-0.05, 0) is 30.0 Å². The van der Waals surface area contributed by atoms with Gasteiger partial charge in [-0.25, -0.2) is 8.42 Å². The standard InChI is InChI=1S/C8H6ClNO3S2/c9-6-2-1-3-7(4-6)13-8-10-15(11,12)5-14-8/h1-4H,5H2. The zero-order valence-corrected chi connectivity index (χ0v) is 9.77. The number of ether oxygens (including phenoxy) is 1. The first kappa shape index (κ1) is 10.8. The molecule has 1 aromatic carbocycles. The lowest BCUT2D eigenvalue weighted by Gasteiger charge is -2.02. The number of benzene rings is 1. The Morgan fingerprint density at radius 1 is 1.47 bits per heavy atom. The Morgan fingerprint density at radius 2 is 2.27 bits per heavy atom. The molecule has 0 unspecified atom stereocenters. The normalized spacial score (nSPS) is 18.6. The van der Waals surface area contributed by atoms with E-state index in [0.29, 0.717) is 10.8 Å². The molecule has 0 spiro atoms. The maximum atomic E-state index is 11.0. The van der Waals surface area contributed by atoms with Gasteiger partial charge in [-0.2, -0.15) is 0 Å². The van der Waals surface area contributed by atoms with Gasteiger partial charge in [-0.3, -0.25) is 0 Å². The van der Waals surface area contributed by atoms with Crippen LogP contribution in [0, 0.1) is 0 Å². The molecule has 0 aliphatic carbocycles.